The summed E-state index contributed by atoms with van der Waals surface area (Å²) in [4.78, 5) is 2.39. The molecule has 0 radical (unpaired) electrons. The molecule has 0 saturated heterocycles. The van der Waals surface area contributed by atoms with Crippen LogP contribution in [-0.2, 0) is 5.41 Å². The highest BCUT2D eigenvalue weighted by molar-refractivity contribution is 5.93. The normalized spacial score (nSPS) is 12.6. The molecule has 0 saturated carbocycles. The maximum absolute atomic E-state index is 4.62. The summed E-state index contributed by atoms with van der Waals surface area (Å²) in [6.45, 7) is 11.5. The molecule has 0 bridgehead atoms. The summed E-state index contributed by atoms with van der Waals surface area (Å²) in [6, 6.07) is 61.4. The Labute approximate surface area is 290 Å². The van der Waals surface area contributed by atoms with Gasteiger partial charge in [0.15, 0.2) is 0 Å². The first-order valence-electron chi connectivity index (χ1n) is 17.0. The van der Waals surface area contributed by atoms with Crippen molar-refractivity contribution in [3.05, 3.63) is 204 Å². The number of hydrogen-bond acceptors (Lipinski definition) is 1. The molecule has 7 aromatic rings. The summed E-state index contributed by atoms with van der Waals surface area (Å²) in [5, 5.41) is 0. The number of benzene rings is 7. The molecule has 0 aromatic heterocycles. The van der Waals surface area contributed by atoms with Gasteiger partial charge in [0.2, 0.25) is 0 Å². The van der Waals surface area contributed by atoms with Crippen molar-refractivity contribution in [1.29, 1.82) is 0 Å². The molecule has 236 valence electrons. The predicted molar refractivity (Wildman–Crippen MR) is 209 cm³/mol. The molecular weight excluding hydrogens is 591 g/mol. The molecule has 1 aliphatic carbocycles. The number of nitrogens with zero attached hydrogens (tertiary/aromatic N) is 1. The molecule has 0 fully saturated rings. The summed E-state index contributed by atoms with van der Waals surface area (Å²) >= 11 is 0. The van der Waals surface area contributed by atoms with E-state index < -0.39 is 0 Å². The van der Waals surface area contributed by atoms with Crippen LogP contribution >= 0.6 is 0 Å². The molecule has 49 heavy (non-hydrogen) atoms. The average Bonchev–Trinajstić information content (AvgIpc) is 3.38. The van der Waals surface area contributed by atoms with E-state index in [0.717, 1.165) is 33.8 Å². The highest BCUT2D eigenvalue weighted by atomic mass is 15.1. The van der Waals surface area contributed by atoms with E-state index in [1.807, 2.05) is 0 Å². The molecule has 0 spiro atoms. The van der Waals surface area contributed by atoms with Gasteiger partial charge in [-0.25, -0.2) is 0 Å². The zero-order valence-corrected chi connectivity index (χ0v) is 28.3. The third-order valence-electron chi connectivity index (χ3n) is 10.2. The van der Waals surface area contributed by atoms with Crippen molar-refractivity contribution in [3.8, 4) is 33.4 Å². The highest BCUT2D eigenvalue weighted by Gasteiger charge is 2.35. The maximum Gasteiger partial charge on any atom is 0.0468 e. The van der Waals surface area contributed by atoms with Gasteiger partial charge < -0.3 is 4.90 Å². The number of hydrogen-bond donors (Lipinski definition) is 0. The Morgan fingerprint density at radius 3 is 1.80 bits per heavy atom. The van der Waals surface area contributed by atoms with Crippen LogP contribution < -0.4 is 4.90 Å². The third-order valence-corrected chi connectivity index (χ3v) is 10.2. The van der Waals surface area contributed by atoms with Gasteiger partial charge in [0.1, 0.15) is 0 Å². The Balaban J connectivity index is 1.32. The van der Waals surface area contributed by atoms with Crippen molar-refractivity contribution in [1.82, 2.24) is 0 Å². The lowest BCUT2D eigenvalue weighted by atomic mass is 9.82. The maximum atomic E-state index is 4.62. The number of fused-ring (bicyclic) bond motifs is 3. The number of anilines is 3. The van der Waals surface area contributed by atoms with Crippen LogP contribution in [0, 0.1) is 6.92 Å². The molecule has 1 aliphatic rings. The lowest BCUT2D eigenvalue weighted by Gasteiger charge is -2.28. The molecule has 0 aliphatic heterocycles. The smallest absolute Gasteiger partial charge is 0.0468 e. The molecule has 0 heterocycles. The Kier molecular flexibility index (Phi) is 7.62. The van der Waals surface area contributed by atoms with Crippen LogP contribution in [0.2, 0.25) is 0 Å². The minimum Gasteiger partial charge on any atom is -0.310 e. The van der Waals surface area contributed by atoms with Crippen molar-refractivity contribution in [2.45, 2.75) is 26.2 Å². The second-order valence-electron chi connectivity index (χ2n) is 13.5. The van der Waals surface area contributed by atoms with Crippen LogP contribution in [0.5, 0.6) is 0 Å². The molecule has 0 atom stereocenters. The first-order valence-corrected chi connectivity index (χ1v) is 17.0. The van der Waals surface area contributed by atoms with E-state index in [2.05, 4.69) is 202 Å². The van der Waals surface area contributed by atoms with Crippen LogP contribution in [0.4, 0.5) is 17.1 Å². The minimum atomic E-state index is -0.0413. The highest BCUT2D eigenvalue weighted by Crippen LogP contribution is 2.51. The summed E-state index contributed by atoms with van der Waals surface area (Å²) in [5.41, 5.74) is 17.9. The first-order chi connectivity index (χ1) is 23.9. The summed E-state index contributed by atoms with van der Waals surface area (Å²) in [5.74, 6) is 0. The molecule has 8 rings (SSSR count). The standard InChI is InChI=1S/C48H39N/c1-33-24-26-39(31-43(33)44-30-37(36-18-10-6-11-19-36)25-28-41(44)34(2)35-16-8-5-9-17-35)49(38-20-12-7-13-21-38)40-27-29-47-45(32-40)42-22-14-15-23-46(42)48(47,3)4/h5-32H,2H2,1,3-4H3. The fourth-order valence-electron chi connectivity index (χ4n) is 7.55. The topological polar surface area (TPSA) is 3.24 Å². The summed E-state index contributed by atoms with van der Waals surface area (Å²) in [7, 11) is 0. The van der Waals surface area contributed by atoms with Gasteiger partial charge in [-0.2, -0.15) is 0 Å². The Morgan fingerprint density at radius 1 is 0.469 bits per heavy atom. The van der Waals surface area contributed by atoms with E-state index in [9.17, 15) is 0 Å². The molecule has 0 amide bonds. The van der Waals surface area contributed by atoms with Gasteiger partial charge in [-0.15, -0.1) is 0 Å². The fraction of sp³-hybridized carbons (Fsp3) is 0.0833. The van der Waals surface area contributed by atoms with E-state index >= 15 is 0 Å². The van der Waals surface area contributed by atoms with Crippen molar-refractivity contribution >= 4 is 22.6 Å². The minimum absolute atomic E-state index is 0.0413. The monoisotopic (exact) mass is 629 g/mol. The molecular formula is C48H39N. The van der Waals surface area contributed by atoms with Crippen LogP contribution in [-0.4, -0.2) is 0 Å². The van der Waals surface area contributed by atoms with Crippen LogP contribution in [0.3, 0.4) is 0 Å². The van der Waals surface area contributed by atoms with Crippen molar-refractivity contribution < 1.29 is 0 Å². The lowest BCUT2D eigenvalue weighted by molar-refractivity contribution is 0.660. The Hall–Kier alpha value is -5.92. The van der Waals surface area contributed by atoms with Gasteiger partial charge >= 0.3 is 0 Å². The van der Waals surface area contributed by atoms with Gasteiger partial charge in [0, 0.05) is 22.5 Å². The third kappa shape index (κ3) is 5.38. The summed E-state index contributed by atoms with van der Waals surface area (Å²) < 4.78 is 0. The van der Waals surface area contributed by atoms with Crippen molar-refractivity contribution in [3.63, 3.8) is 0 Å². The fourth-order valence-corrected chi connectivity index (χ4v) is 7.55. The second-order valence-corrected chi connectivity index (χ2v) is 13.5. The molecule has 0 N–H and O–H groups in total. The molecule has 0 unspecified atom stereocenters. The van der Waals surface area contributed by atoms with E-state index in [1.54, 1.807) is 0 Å². The van der Waals surface area contributed by atoms with Gasteiger partial charge in [-0.3, -0.25) is 0 Å². The van der Waals surface area contributed by atoms with E-state index in [1.165, 1.54) is 50.1 Å². The van der Waals surface area contributed by atoms with Crippen LogP contribution in [0.15, 0.2) is 176 Å². The van der Waals surface area contributed by atoms with Crippen LogP contribution in [0.25, 0.3) is 39.0 Å². The Morgan fingerprint density at radius 2 is 1.06 bits per heavy atom. The van der Waals surface area contributed by atoms with Crippen molar-refractivity contribution in [2.75, 3.05) is 4.90 Å². The summed E-state index contributed by atoms with van der Waals surface area (Å²) in [6.07, 6.45) is 0. The van der Waals surface area contributed by atoms with Gasteiger partial charge in [-0.05, 0) is 116 Å². The zero-order valence-electron chi connectivity index (χ0n) is 28.3. The number of para-hydroxylation sites is 1. The van der Waals surface area contributed by atoms with Crippen LogP contribution in [0.1, 0.15) is 41.7 Å². The lowest BCUT2D eigenvalue weighted by Crippen LogP contribution is -2.15. The first kappa shape index (κ1) is 30.4. The largest absolute Gasteiger partial charge is 0.310 e. The second kappa shape index (κ2) is 12.3. The van der Waals surface area contributed by atoms with Gasteiger partial charge in [0.05, 0.1) is 0 Å². The predicted octanol–water partition coefficient (Wildman–Crippen LogP) is 13.2. The van der Waals surface area contributed by atoms with Gasteiger partial charge in [0.25, 0.3) is 0 Å². The Bertz CT molecular complexity index is 2310. The SMILES string of the molecule is C=C(c1ccccc1)c1ccc(-c2ccccc2)cc1-c1cc(N(c2ccccc2)c2ccc3c(c2)-c2ccccc2C3(C)C)ccc1C. The number of rotatable bonds is 7. The average molecular weight is 630 g/mol. The quantitative estimate of drug-likeness (QED) is 0.170. The van der Waals surface area contributed by atoms with E-state index in [-0.39, 0.29) is 5.41 Å². The van der Waals surface area contributed by atoms with E-state index in [4.69, 9.17) is 0 Å². The van der Waals surface area contributed by atoms with E-state index in [0.29, 0.717) is 0 Å². The molecule has 1 heteroatoms. The van der Waals surface area contributed by atoms with Gasteiger partial charge in [-0.1, -0.05) is 148 Å². The zero-order chi connectivity index (χ0) is 33.5. The van der Waals surface area contributed by atoms with Crippen molar-refractivity contribution in [2.24, 2.45) is 0 Å². The number of aryl methyl sites for hydroxylation is 1. The molecule has 1 nitrogen and oxygen atoms in total. The molecule has 7 aromatic carbocycles.